The van der Waals surface area contributed by atoms with Gasteiger partial charge in [-0.1, -0.05) is 50.3 Å². The standard InChI is InChI=1S/C10H22N2O2/c1-2-3-4-5-6-7-8-9-10-12(14)11-13/h13H,2-10H2,1H3/b12-11-. The Bertz CT molecular complexity index is 149. The summed E-state index contributed by atoms with van der Waals surface area (Å²) in [7, 11) is 0. The van der Waals surface area contributed by atoms with Gasteiger partial charge in [-0.3, -0.25) is 0 Å². The lowest BCUT2D eigenvalue weighted by Crippen LogP contribution is -2.01. The number of unbranched alkanes of at least 4 members (excludes halogenated alkanes) is 7. The third-order valence-electron chi connectivity index (χ3n) is 2.30. The Balaban J connectivity index is 2.99. The molecule has 0 atom stereocenters. The van der Waals surface area contributed by atoms with Crippen molar-refractivity contribution < 1.29 is 10.1 Å². The highest BCUT2D eigenvalue weighted by Crippen LogP contribution is 2.08. The third-order valence-corrected chi connectivity index (χ3v) is 2.30. The zero-order valence-corrected chi connectivity index (χ0v) is 9.11. The molecule has 0 bridgehead atoms. The predicted molar refractivity (Wildman–Crippen MR) is 55.3 cm³/mol. The van der Waals surface area contributed by atoms with Gasteiger partial charge in [0, 0.05) is 6.42 Å². The third kappa shape index (κ3) is 9.29. The Morgan fingerprint density at radius 2 is 1.50 bits per heavy atom. The molecular weight excluding hydrogens is 180 g/mol. The van der Waals surface area contributed by atoms with E-state index in [4.69, 9.17) is 5.21 Å². The second-order valence-corrected chi connectivity index (χ2v) is 3.64. The SMILES string of the molecule is CCCCCCCCCC/[N+]([O-])=N/O. The summed E-state index contributed by atoms with van der Waals surface area (Å²) < 4.78 is 0. The zero-order valence-electron chi connectivity index (χ0n) is 9.11. The summed E-state index contributed by atoms with van der Waals surface area (Å²) in [4.78, 5) is 0.330. The fraction of sp³-hybridized carbons (Fsp3) is 1.00. The number of hydrogen-bond donors (Lipinski definition) is 1. The van der Waals surface area contributed by atoms with Crippen LogP contribution in [0, 0.1) is 5.21 Å². The Labute approximate surface area is 86.2 Å². The van der Waals surface area contributed by atoms with Gasteiger partial charge in [0.25, 0.3) is 0 Å². The molecule has 0 rings (SSSR count). The molecule has 0 aliphatic rings. The fourth-order valence-corrected chi connectivity index (χ4v) is 1.43. The molecule has 0 aromatic heterocycles. The van der Waals surface area contributed by atoms with Gasteiger partial charge >= 0.3 is 0 Å². The Kier molecular flexibility index (Phi) is 9.69. The van der Waals surface area contributed by atoms with Crippen LogP contribution in [-0.2, 0) is 0 Å². The molecule has 4 nitrogen and oxygen atoms in total. The van der Waals surface area contributed by atoms with E-state index in [0.29, 0.717) is 11.4 Å². The molecule has 4 heteroatoms. The summed E-state index contributed by atoms with van der Waals surface area (Å²) >= 11 is 0. The highest BCUT2D eigenvalue weighted by molar-refractivity contribution is 4.45. The molecule has 0 aromatic carbocycles. The van der Waals surface area contributed by atoms with Crippen molar-refractivity contribution in [1.29, 1.82) is 0 Å². The van der Waals surface area contributed by atoms with E-state index in [1.165, 1.54) is 38.5 Å². The summed E-state index contributed by atoms with van der Waals surface area (Å²) in [5, 5.41) is 21.1. The van der Waals surface area contributed by atoms with Crippen LogP contribution in [0.25, 0.3) is 0 Å². The smallest absolute Gasteiger partial charge is 0.197 e. The van der Waals surface area contributed by atoms with Gasteiger partial charge < -0.3 is 10.4 Å². The van der Waals surface area contributed by atoms with E-state index < -0.39 is 0 Å². The molecule has 0 amide bonds. The highest BCUT2D eigenvalue weighted by Gasteiger charge is 1.96. The lowest BCUT2D eigenvalue weighted by Gasteiger charge is -2.00. The van der Waals surface area contributed by atoms with Crippen LogP contribution in [0.15, 0.2) is 5.28 Å². The first-order valence-electron chi connectivity index (χ1n) is 5.61. The van der Waals surface area contributed by atoms with Gasteiger partial charge in [-0.15, -0.1) is 0 Å². The minimum absolute atomic E-state index is 0.311. The molecular formula is C10H22N2O2. The van der Waals surface area contributed by atoms with Gasteiger partial charge in [0.1, 0.15) is 0 Å². The van der Waals surface area contributed by atoms with E-state index in [9.17, 15) is 5.21 Å². The molecule has 0 fully saturated rings. The molecule has 0 heterocycles. The molecule has 0 aliphatic carbocycles. The normalized spacial score (nSPS) is 11.9. The van der Waals surface area contributed by atoms with Crippen LogP contribution in [0.2, 0.25) is 0 Å². The predicted octanol–water partition coefficient (Wildman–Crippen LogP) is 3.48. The molecule has 0 spiro atoms. The van der Waals surface area contributed by atoms with Gasteiger partial charge in [-0.05, 0) is 6.42 Å². The molecule has 0 unspecified atom stereocenters. The number of nitrogens with zero attached hydrogens (tertiary/aromatic N) is 2. The van der Waals surface area contributed by atoms with Crippen molar-refractivity contribution in [2.24, 2.45) is 5.28 Å². The number of hydrogen-bond acceptors (Lipinski definition) is 2. The van der Waals surface area contributed by atoms with Crippen molar-refractivity contribution in [3.8, 4) is 0 Å². The molecule has 0 radical (unpaired) electrons. The zero-order chi connectivity index (χ0) is 10.6. The Morgan fingerprint density at radius 1 is 1.00 bits per heavy atom. The maximum atomic E-state index is 10.5. The van der Waals surface area contributed by atoms with Crippen molar-refractivity contribution in [2.45, 2.75) is 58.3 Å². The van der Waals surface area contributed by atoms with Crippen molar-refractivity contribution in [2.75, 3.05) is 6.54 Å². The lowest BCUT2D eigenvalue weighted by molar-refractivity contribution is -0.556. The average molecular weight is 202 g/mol. The van der Waals surface area contributed by atoms with Gasteiger partial charge in [0.05, 0.1) is 0 Å². The van der Waals surface area contributed by atoms with Crippen molar-refractivity contribution in [3.05, 3.63) is 5.21 Å². The number of hydroxylamine groups is 1. The summed E-state index contributed by atoms with van der Waals surface area (Å²) in [6.07, 6.45) is 9.57. The molecule has 0 aromatic rings. The van der Waals surface area contributed by atoms with Crippen LogP contribution >= 0.6 is 0 Å². The van der Waals surface area contributed by atoms with E-state index in [1.807, 2.05) is 0 Å². The minimum atomic E-state index is 0.311. The van der Waals surface area contributed by atoms with Gasteiger partial charge in [0.2, 0.25) is 0 Å². The van der Waals surface area contributed by atoms with Crippen LogP contribution in [0.4, 0.5) is 0 Å². The highest BCUT2D eigenvalue weighted by atomic mass is 16.6. The lowest BCUT2D eigenvalue weighted by atomic mass is 10.1. The Hall–Kier alpha value is -0.800. The first-order valence-corrected chi connectivity index (χ1v) is 5.61. The van der Waals surface area contributed by atoms with Crippen LogP contribution in [0.5, 0.6) is 0 Å². The van der Waals surface area contributed by atoms with E-state index in [0.717, 1.165) is 12.8 Å². The first kappa shape index (κ1) is 13.2. The largest absolute Gasteiger partial charge is 0.597 e. The quantitative estimate of drug-likeness (QED) is 0.269. The summed E-state index contributed by atoms with van der Waals surface area (Å²) in [6, 6.07) is 0. The summed E-state index contributed by atoms with van der Waals surface area (Å²) in [6.45, 7) is 2.52. The molecule has 1 N–H and O–H groups in total. The van der Waals surface area contributed by atoms with Crippen LogP contribution in [-0.4, -0.2) is 16.6 Å². The van der Waals surface area contributed by atoms with E-state index in [-0.39, 0.29) is 0 Å². The fourth-order valence-electron chi connectivity index (χ4n) is 1.43. The second kappa shape index (κ2) is 10.3. The monoisotopic (exact) mass is 202 g/mol. The second-order valence-electron chi connectivity index (χ2n) is 3.64. The van der Waals surface area contributed by atoms with Crippen molar-refractivity contribution in [1.82, 2.24) is 0 Å². The van der Waals surface area contributed by atoms with Crippen LogP contribution in [0.1, 0.15) is 58.3 Å². The van der Waals surface area contributed by atoms with Crippen LogP contribution < -0.4 is 0 Å². The van der Waals surface area contributed by atoms with Gasteiger partial charge in [-0.25, -0.2) is 0 Å². The van der Waals surface area contributed by atoms with Crippen molar-refractivity contribution >= 4 is 0 Å². The summed E-state index contributed by atoms with van der Waals surface area (Å²) in [5.41, 5.74) is 0. The molecule has 0 saturated heterocycles. The van der Waals surface area contributed by atoms with E-state index in [2.05, 4.69) is 12.2 Å². The topological polar surface area (TPSA) is 58.7 Å². The number of rotatable bonds is 9. The molecule has 0 saturated carbocycles. The minimum Gasteiger partial charge on any atom is -0.597 e. The molecule has 14 heavy (non-hydrogen) atoms. The molecule has 84 valence electrons. The molecule has 0 aliphatic heterocycles. The van der Waals surface area contributed by atoms with Crippen LogP contribution in [0.3, 0.4) is 0 Å². The van der Waals surface area contributed by atoms with E-state index in [1.54, 1.807) is 0 Å². The average Bonchev–Trinajstić information content (AvgIpc) is 2.21. The Morgan fingerprint density at radius 3 is 2.00 bits per heavy atom. The first-order chi connectivity index (χ1) is 6.81. The van der Waals surface area contributed by atoms with Gasteiger partial charge in [-0.2, -0.15) is 0 Å². The van der Waals surface area contributed by atoms with E-state index >= 15 is 0 Å². The van der Waals surface area contributed by atoms with Gasteiger partial charge in [0.15, 0.2) is 11.8 Å². The maximum Gasteiger partial charge on any atom is 0.197 e. The maximum absolute atomic E-state index is 10.5. The van der Waals surface area contributed by atoms with Crippen molar-refractivity contribution in [3.63, 3.8) is 0 Å². The summed E-state index contributed by atoms with van der Waals surface area (Å²) in [5.74, 6) is 0.